The van der Waals surface area contributed by atoms with E-state index in [0.717, 1.165) is 11.1 Å². The topological polar surface area (TPSA) is 106 Å². The molecule has 0 aliphatic heterocycles. The Bertz CT molecular complexity index is 913. The molecule has 0 bridgehead atoms. The van der Waals surface area contributed by atoms with Crippen molar-refractivity contribution < 1.29 is 23.9 Å². The molecule has 0 radical (unpaired) electrons. The number of nitrogens with one attached hydrogen (secondary N) is 3. The molecule has 8 nitrogen and oxygen atoms in total. The second-order valence-corrected chi connectivity index (χ2v) is 6.81. The maximum Gasteiger partial charge on any atom is 0.279 e. The van der Waals surface area contributed by atoms with E-state index < -0.39 is 17.9 Å². The van der Waals surface area contributed by atoms with Gasteiger partial charge in [-0.3, -0.25) is 25.2 Å². The first-order valence-corrected chi connectivity index (χ1v) is 9.55. The van der Waals surface area contributed by atoms with Gasteiger partial charge in [-0.2, -0.15) is 0 Å². The fourth-order valence-electron chi connectivity index (χ4n) is 2.65. The SMILES string of the molecule is COc1ccccc1OC(C)C(=O)NNC(=O)CCC(=O)Nc1ccc(C)cc1C. The Morgan fingerprint density at radius 3 is 2.27 bits per heavy atom. The lowest BCUT2D eigenvalue weighted by molar-refractivity contribution is -0.133. The van der Waals surface area contributed by atoms with Crippen molar-refractivity contribution >= 4 is 23.4 Å². The van der Waals surface area contributed by atoms with Crippen LogP contribution in [0.5, 0.6) is 11.5 Å². The molecule has 1 atom stereocenters. The molecule has 2 rings (SSSR count). The van der Waals surface area contributed by atoms with Crippen LogP contribution in [0.3, 0.4) is 0 Å². The van der Waals surface area contributed by atoms with Gasteiger partial charge in [-0.15, -0.1) is 0 Å². The Balaban J connectivity index is 1.74. The van der Waals surface area contributed by atoms with Crippen molar-refractivity contribution in [2.24, 2.45) is 0 Å². The number of hydrazine groups is 1. The minimum Gasteiger partial charge on any atom is -0.493 e. The molecular weight excluding hydrogens is 386 g/mol. The van der Waals surface area contributed by atoms with Crippen molar-refractivity contribution in [2.75, 3.05) is 12.4 Å². The Morgan fingerprint density at radius 2 is 1.60 bits per heavy atom. The highest BCUT2D eigenvalue weighted by molar-refractivity contribution is 5.94. The Labute approximate surface area is 175 Å². The van der Waals surface area contributed by atoms with Crippen molar-refractivity contribution in [1.82, 2.24) is 10.9 Å². The van der Waals surface area contributed by atoms with E-state index in [-0.39, 0.29) is 18.7 Å². The number of methoxy groups -OCH3 is 1. The Morgan fingerprint density at radius 1 is 0.933 bits per heavy atom. The summed E-state index contributed by atoms with van der Waals surface area (Å²) in [6.07, 6.45) is -0.949. The minimum atomic E-state index is -0.866. The largest absolute Gasteiger partial charge is 0.493 e. The lowest BCUT2D eigenvalue weighted by Crippen LogP contribution is -2.47. The maximum atomic E-state index is 12.1. The van der Waals surface area contributed by atoms with E-state index in [9.17, 15) is 14.4 Å². The number of hydrogen-bond donors (Lipinski definition) is 3. The highest BCUT2D eigenvalue weighted by atomic mass is 16.5. The van der Waals surface area contributed by atoms with Crippen molar-refractivity contribution in [3.8, 4) is 11.5 Å². The summed E-state index contributed by atoms with van der Waals surface area (Å²) in [7, 11) is 1.50. The quantitative estimate of drug-likeness (QED) is 0.577. The summed E-state index contributed by atoms with van der Waals surface area (Å²) in [5.74, 6) is -0.387. The standard InChI is InChI=1S/C22H27N3O5/c1-14-9-10-17(15(2)13-14)23-20(26)11-12-21(27)24-25-22(28)16(3)30-19-8-6-5-7-18(19)29-4/h5-10,13,16H,11-12H2,1-4H3,(H,23,26)(H,24,27)(H,25,28). The second kappa shape index (κ2) is 10.8. The molecule has 0 heterocycles. The molecule has 0 saturated carbocycles. The van der Waals surface area contributed by atoms with Crippen molar-refractivity contribution in [1.29, 1.82) is 0 Å². The van der Waals surface area contributed by atoms with Crippen LogP contribution in [-0.4, -0.2) is 30.9 Å². The summed E-state index contributed by atoms with van der Waals surface area (Å²) < 4.78 is 10.7. The van der Waals surface area contributed by atoms with Gasteiger partial charge in [-0.25, -0.2) is 0 Å². The van der Waals surface area contributed by atoms with E-state index in [0.29, 0.717) is 17.2 Å². The first kappa shape index (κ1) is 22.7. The second-order valence-electron chi connectivity index (χ2n) is 6.81. The molecule has 3 N–H and O–H groups in total. The Hall–Kier alpha value is -3.55. The molecule has 2 aromatic carbocycles. The average molecular weight is 413 g/mol. The zero-order chi connectivity index (χ0) is 22.1. The third-order valence-corrected chi connectivity index (χ3v) is 4.30. The monoisotopic (exact) mass is 413 g/mol. The van der Waals surface area contributed by atoms with Gasteiger partial charge in [-0.05, 0) is 44.5 Å². The molecule has 8 heteroatoms. The van der Waals surface area contributed by atoms with E-state index in [2.05, 4.69) is 16.2 Å². The van der Waals surface area contributed by atoms with Gasteiger partial charge < -0.3 is 14.8 Å². The summed E-state index contributed by atoms with van der Waals surface area (Å²) in [6, 6.07) is 12.6. The molecule has 1 unspecified atom stereocenters. The van der Waals surface area contributed by atoms with E-state index in [1.807, 2.05) is 32.0 Å². The van der Waals surface area contributed by atoms with Gasteiger partial charge in [0.2, 0.25) is 11.8 Å². The molecule has 2 aromatic rings. The van der Waals surface area contributed by atoms with Crippen LogP contribution in [0, 0.1) is 13.8 Å². The van der Waals surface area contributed by atoms with Crippen LogP contribution in [0.25, 0.3) is 0 Å². The van der Waals surface area contributed by atoms with Crippen LogP contribution < -0.4 is 25.6 Å². The number of ether oxygens (including phenoxy) is 2. The van der Waals surface area contributed by atoms with Crippen molar-refractivity contribution in [2.45, 2.75) is 39.7 Å². The van der Waals surface area contributed by atoms with Gasteiger partial charge in [0, 0.05) is 18.5 Å². The van der Waals surface area contributed by atoms with Crippen molar-refractivity contribution in [3.05, 3.63) is 53.6 Å². The molecule has 0 fully saturated rings. The van der Waals surface area contributed by atoms with Crippen LogP contribution in [0.15, 0.2) is 42.5 Å². The molecule has 30 heavy (non-hydrogen) atoms. The predicted octanol–water partition coefficient (Wildman–Crippen LogP) is 2.65. The van der Waals surface area contributed by atoms with Gasteiger partial charge in [-0.1, -0.05) is 29.8 Å². The normalized spacial score (nSPS) is 11.2. The predicted molar refractivity (Wildman–Crippen MR) is 113 cm³/mol. The summed E-state index contributed by atoms with van der Waals surface area (Å²) in [6.45, 7) is 5.42. The number of carbonyl (C=O) groups is 3. The number of benzene rings is 2. The third kappa shape index (κ3) is 6.80. The summed E-state index contributed by atoms with van der Waals surface area (Å²) in [5, 5.41) is 2.78. The molecule has 0 spiro atoms. The first-order chi connectivity index (χ1) is 14.3. The molecular formula is C22H27N3O5. The van der Waals surface area contributed by atoms with Crippen LogP contribution in [-0.2, 0) is 14.4 Å². The van der Waals surface area contributed by atoms with Gasteiger partial charge in [0.1, 0.15) is 0 Å². The van der Waals surface area contributed by atoms with Crippen LogP contribution in [0.1, 0.15) is 30.9 Å². The van der Waals surface area contributed by atoms with Gasteiger partial charge in [0.15, 0.2) is 17.6 Å². The number of anilines is 1. The molecule has 160 valence electrons. The molecule has 0 aliphatic rings. The number of carbonyl (C=O) groups excluding carboxylic acids is 3. The van der Waals surface area contributed by atoms with E-state index in [1.165, 1.54) is 7.11 Å². The van der Waals surface area contributed by atoms with Crippen LogP contribution in [0.2, 0.25) is 0 Å². The fraction of sp³-hybridized carbons (Fsp3) is 0.318. The average Bonchev–Trinajstić information content (AvgIpc) is 2.72. The van der Waals surface area contributed by atoms with Crippen molar-refractivity contribution in [3.63, 3.8) is 0 Å². The summed E-state index contributed by atoms with van der Waals surface area (Å²) >= 11 is 0. The highest BCUT2D eigenvalue weighted by Crippen LogP contribution is 2.26. The van der Waals surface area contributed by atoms with Crippen LogP contribution in [0.4, 0.5) is 5.69 Å². The third-order valence-electron chi connectivity index (χ3n) is 4.30. The van der Waals surface area contributed by atoms with Gasteiger partial charge in [0.25, 0.3) is 5.91 Å². The van der Waals surface area contributed by atoms with E-state index >= 15 is 0 Å². The van der Waals surface area contributed by atoms with Crippen LogP contribution >= 0.6 is 0 Å². The highest BCUT2D eigenvalue weighted by Gasteiger charge is 2.17. The zero-order valence-electron chi connectivity index (χ0n) is 17.6. The van der Waals surface area contributed by atoms with Gasteiger partial charge in [0.05, 0.1) is 7.11 Å². The zero-order valence-corrected chi connectivity index (χ0v) is 17.6. The minimum absolute atomic E-state index is 0.0116. The van der Waals surface area contributed by atoms with E-state index in [4.69, 9.17) is 9.47 Å². The molecule has 0 saturated heterocycles. The van der Waals surface area contributed by atoms with E-state index in [1.54, 1.807) is 31.2 Å². The Kier molecular flexibility index (Phi) is 8.22. The smallest absolute Gasteiger partial charge is 0.279 e. The first-order valence-electron chi connectivity index (χ1n) is 9.55. The number of hydrogen-bond acceptors (Lipinski definition) is 5. The molecule has 3 amide bonds. The fourth-order valence-corrected chi connectivity index (χ4v) is 2.65. The number of aryl methyl sites for hydroxylation is 2. The molecule has 0 aromatic heterocycles. The lowest BCUT2D eigenvalue weighted by atomic mass is 10.1. The summed E-state index contributed by atoms with van der Waals surface area (Å²) in [5.41, 5.74) is 7.34. The number of para-hydroxylation sites is 2. The van der Waals surface area contributed by atoms with Gasteiger partial charge >= 0.3 is 0 Å². The number of amides is 3. The lowest BCUT2D eigenvalue weighted by Gasteiger charge is -2.16. The number of rotatable bonds is 8. The molecule has 0 aliphatic carbocycles. The summed E-state index contributed by atoms with van der Waals surface area (Å²) in [4.78, 5) is 36.1. The maximum absolute atomic E-state index is 12.1.